The van der Waals surface area contributed by atoms with E-state index in [0.717, 1.165) is 0 Å². The van der Waals surface area contributed by atoms with E-state index < -0.39 is 74.6 Å². The molecule has 0 aromatic rings. The summed E-state index contributed by atoms with van der Waals surface area (Å²) in [7, 11) is 0. The van der Waals surface area contributed by atoms with Crippen molar-refractivity contribution in [2.24, 2.45) is 0 Å². The van der Waals surface area contributed by atoms with Crippen LogP contribution in [0.2, 0.25) is 0 Å². The lowest BCUT2D eigenvalue weighted by atomic mass is 9.99. The van der Waals surface area contributed by atoms with Crippen LogP contribution in [-0.2, 0) is 14.2 Å². The van der Waals surface area contributed by atoms with Gasteiger partial charge in [0.2, 0.25) is 0 Å². The molecule has 11 heteroatoms. The lowest BCUT2D eigenvalue weighted by molar-refractivity contribution is -0.376. The van der Waals surface area contributed by atoms with E-state index in [1.807, 2.05) is 0 Å². The molecule has 2 aliphatic rings. The third-order valence-electron chi connectivity index (χ3n) is 3.97. The highest BCUT2D eigenvalue weighted by atomic mass is 16.8. The third-order valence-corrected chi connectivity index (χ3v) is 3.97. The Balaban J connectivity index is 2.07. The normalized spacial score (nSPS) is 51.7. The molecule has 0 radical (unpaired) electrons. The fraction of sp³-hybridized carbons (Fsp3) is 1.00. The Kier molecular flexibility index (Phi) is 6.27. The molecule has 10 atom stereocenters. The van der Waals surface area contributed by atoms with Crippen LogP contribution in [-0.4, -0.2) is 115 Å². The van der Waals surface area contributed by atoms with E-state index in [1.165, 1.54) is 0 Å². The predicted molar refractivity (Wildman–Crippen MR) is 68.6 cm³/mol. The summed E-state index contributed by atoms with van der Waals surface area (Å²) in [6.45, 7) is -1.33. The van der Waals surface area contributed by atoms with E-state index in [4.69, 9.17) is 24.4 Å². The summed E-state index contributed by atoms with van der Waals surface area (Å²) < 4.78 is 15.3. The van der Waals surface area contributed by atoms with Crippen molar-refractivity contribution < 1.29 is 55.1 Å². The van der Waals surface area contributed by atoms with E-state index in [9.17, 15) is 30.6 Å². The van der Waals surface area contributed by atoms with Crippen LogP contribution < -0.4 is 0 Å². The maximum atomic E-state index is 9.84. The van der Waals surface area contributed by atoms with Gasteiger partial charge >= 0.3 is 0 Å². The smallest absolute Gasteiger partial charge is 0.189 e. The number of rotatable bonds is 4. The van der Waals surface area contributed by atoms with Crippen LogP contribution in [0.3, 0.4) is 0 Å². The molecule has 2 heterocycles. The van der Waals surface area contributed by atoms with Crippen LogP contribution in [0, 0.1) is 0 Å². The summed E-state index contributed by atoms with van der Waals surface area (Å²) in [4.78, 5) is 0. The Morgan fingerprint density at radius 3 is 1.22 bits per heavy atom. The van der Waals surface area contributed by atoms with Gasteiger partial charge in [-0.05, 0) is 0 Å². The standard InChI is InChI=1S/C12H22O11/c13-1-3-5(15)7(17)9(19)11(21-3)23-12-10(20)8(18)6(16)4(2-14)22-12/h3-20H,1-2H2/t3-,4-,5-,6-,7+,8+,9-,10-,11-,12-/m1/s1/i5+1,7+1. The molecule has 2 fully saturated rings. The molecule has 0 aliphatic carbocycles. The first-order valence-electron chi connectivity index (χ1n) is 7.08. The van der Waals surface area contributed by atoms with Crippen molar-refractivity contribution >= 4 is 0 Å². The second kappa shape index (κ2) is 7.63. The number of aliphatic hydroxyl groups excluding tert-OH is 8. The summed E-state index contributed by atoms with van der Waals surface area (Å²) in [6, 6.07) is 0. The molecular formula is C12H22O11. The van der Waals surface area contributed by atoms with Crippen molar-refractivity contribution in [3.63, 3.8) is 0 Å². The van der Waals surface area contributed by atoms with E-state index >= 15 is 0 Å². The molecule has 2 aliphatic heterocycles. The summed E-state index contributed by atoms with van der Waals surface area (Å²) in [5.41, 5.74) is 0. The van der Waals surface area contributed by atoms with Gasteiger partial charge in [-0.3, -0.25) is 0 Å². The summed E-state index contributed by atoms with van der Waals surface area (Å²) >= 11 is 0. The minimum Gasteiger partial charge on any atom is -0.394 e. The minimum absolute atomic E-state index is 0.667. The molecule has 2 saturated heterocycles. The average Bonchev–Trinajstić information content (AvgIpc) is 2.55. The Morgan fingerprint density at radius 1 is 0.565 bits per heavy atom. The van der Waals surface area contributed by atoms with Crippen molar-refractivity contribution in [1.82, 2.24) is 0 Å². The van der Waals surface area contributed by atoms with Crippen molar-refractivity contribution in [2.75, 3.05) is 13.2 Å². The first-order valence-corrected chi connectivity index (χ1v) is 7.08. The molecule has 0 bridgehead atoms. The highest BCUT2D eigenvalue weighted by Gasteiger charge is 2.49. The van der Waals surface area contributed by atoms with Gasteiger partial charge in [0.25, 0.3) is 0 Å². The van der Waals surface area contributed by atoms with E-state index in [2.05, 4.69) is 0 Å². The maximum Gasteiger partial charge on any atom is 0.189 e. The number of ether oxygens (including phenoxy) is 3. The lowest BCUT2D eigenvalue weighted by Gasteiger charge is -2.44. The zero-order valence-corrected chi connectivity index (χ0v) is 12.0. The molecule has 0 aromatic carbocycles. The van der Waals surface area contributed by atoms with Crippen molar-refractivity contribution in [2.45, 2.75) is 61.4 Å². The zero-order chi connectivity index (χ0) is 17.3. The molecule has 2 rings (SSSR count). The number of aliphatic hydroxyl groups is 8. The molecule has 136 valence electrons. The van der Waals surface area contributed by atoms with Crippen LogP contribution in [0.1, 0.15) is 0 Å². The van der Waals surface area contributed by atoms with Gasteiger partial charge in [-0.2, -0.15) is 0 Å². The lowest BCUT2D eigenvalue weighted by Crippen LogP contribution is -2.63. The third kappa shape index (κ3) is 3.65. The summed E-state index contributed by atoms with van der Waals surface area (Å²) in [6.07, 6.45) is -15.6. The highest BCUT2D eigenvalue weighted by Crippen LogP contribution is 2.27. The van der Waals surface area contributed by atoms with Gasteiger partial charge in [-0.25, -0.2) is 0 Å². The molecule has 23 heavy (non-hydrogen) atoms. The number of hydrogen-bond donors (Lipinski definition) is 8. The van der Waals surface area contributed by atoms with Crippen LogP contribution >= 0.6 is 0 Å². The van der Waals surface area contributed by atoms with Gasteiger partial charge in [0.1, 0.15) is 48.8 Å². The fourth-order valence-corrected chi connectivity index (χ4v) is 2.49. The van der Waals surface area contributed by atoms with Crippen molar-refractivity contribution in [3.8, 4) is 0 Å². The van der Waals surface area contributed by atoms with Gasteiger partial charge in [-0.15, -0.1) is 0 Å². The molecule has 0 amide bonds. The average molecular weight is 344 g/mol. The summed E-state index contributed by atoms with van der Waals surface area (Å²) in [5.74, 6) is 0. The van der Waals surface area contributed by atoms with Gasteiger partial charge < -0.3 is 55.1 Å². The van der Waals surface area contributed by atoms with Gasteiger partial charge in [-0.1, -0.05) is 0 Å². The summed E-state index contributed by atoms with van der Waals surface area (Å²) in [5, 5.41) is 76.4. The first kappa shape index (κ1) is 18.9. The molecule has 0 spiro atoms. The van der Waals surface area contributed by atoms with E-state index in [1.54, 1.807) is 0 Å². The van der Waals surface area contributed by atoms with Crippen LogP contribution in [0.5, 0.6) is 0 Å². The van der Waals surface area contributed by atoms with E-state index in [-0.39, 0.29) is 0 Å². The molecule has 0 unspecified atom stereocenters. The first-order chi connectivity index (χ1) is 10.8. The Morgan fingerprint density at radius 2 is 0.913 bits per heavy atom. The molecule has 8 N–H and O–H groups in total. The Hall–Kier alpha value is -0.440. The van der Waals surface area contributed by atoms with Crippen molar-refractivity contribution in [3.05, 3.63) is 0 Å². The van der Waals surface area contributed by atoms with Gasteiger partial charge in [0, 0.05) is 0 Å². The quantitative estimate of drug-likeness (QED) is 0.227. The van der Waals surface area contributed by atoms with Crippen LogP contribution in [0.15, 0.2) is 0 Å². The highest BCUT2D eigenvalue weighted by molar-refractivity contribution is 4.92. The van der Waals surface area contributed by atoms with Crippen LogP contribution in [0.25, 0.3) is 0 Å². The van der Waals surface area contributed by atoms with Gasteiger partial charge in [0.05, 0.1) is 13.2 Å². The van der Waals surface area contributed by atoms with Crippen LogP contribution in [0.4, 0.5) is 0 Å². The monoisotopic (exact) mass is 344 g/mol. The topological polar surface area (TPSA) is 190 Å². The van der Waals surface area contributed by atoms with Gasteiger partial charge in [0.15, 0.2) is 12.6 Å². The number of hydrogen-bond acceptors (Lipinski definition) is 11. The largest absolute Gasteiger partial charge is 0.394 e. The maximum absolute atomic E-state index is 9.84. The Labute approximate surface area is 130 Å². The van der Waals surface area contributed by atoms with E-state index in [0.29, 0.717) is 0 Å². The second-order valence-corrected chi connectivity index (χ2v) is 5.53. The SMILES string of the molecule is OC[C@H]1O[C@H](O[C@H]2O[C@H](CO)[13C@@H](O)[13C@H](O)[C@H]2O)[C@H](O)[C@@H](O)[C@@H]1O. The molecular weight excluding hydrogens is 322 g/mol. The van der Waals surface area contributed by atoms with Crippen molar-refractivity contribution in [1.29, 1.82) is 0 Å². The molecule has 0 saturated carbocycles. The predicted octanol–water partition coefficient (Wildman–Crippen LogP) is -5.40. The molecule has 11 nitrogen and oxygen atoms in total. The zero-order valence-electron chi connectivity index (χ0n) is 12.0. The minimum atomic E-state index is -1.72. The fourth-order valence-electron chi connectivity index (χ4n) is 2.49. The second-order valence-electron chi connectivity index (χ2n) is 5.53. The Bertz CT molecular complexity index is 344. The molecule has 0 aromatic heterocycles.